The molecule has 4 fully saturated rings. The van der Waals surface area contributed by atoms with Crippen molar-refractivity contribution >= 4 is 0 Å². The first-order valence-corrected chi connectivity index (χ1v) is 5.27. The van der Waals surface area contributed by atoms with Crippen molar-refractivity contribution in [3.63, 3.8) is 0 Å². The zero-order chi connectivity index (χ0) is 8.58. The normalized spacial score (nSPS) is 67.6. The van der Waals surface area contributed by atoms with Crippen molar-refractivity contribution in [2.45, 2.75) is 32.0 Å². The van der Waals surface area contributed by atoms with Crippen LogP contribution < -0.4 is 0 Å². The molecule has 0 spiro atoms. The fraction of sp³-hybridized carbons (Fsp3) is 1.00. The van der Waals surface area contributed by atoms with Crippen molar-refractivity contribution in [1.82, 2.24) is 0 Å². The molecule has 3 heterocycles. The van der Waals surface area contributed by atoms with E-state index < -0.39 is 0 Å². The van der Waals surface area contributed by atoms with Gasteiger partial charge in [-0.1, -0.05) is 0 Å². The van der Waals surface area contributed by atoms with Crippen LogP contribution in [0.2, 0.25) is 0 Å². The molecule has 0 unspecified atom stereocenters. The summed E-state index contributed by atoms with van der Waals surface area (Å²) < 4.78 is 17.2. The van der Waals surface area contributed by atoms with Gasteiger partial charge < -0.3 is 14.2 Å². The van der Waals surface area contributed by atoms with E-state index in [-0.39, 0.29) is 12.6 Å². The van der Waals surface area contributed by atoms with Gasteiger partial charge in [0.15, 0.2) is 12.6 Å². The fourth-order valence-electron chi connectivity index (χ4n) is 3.92. The summed E-state index contributed by atoms with van der Waals surface area (Å²) in [6.45, 7) is 3.08. The zero-order valence-electron chi connectivity index (χ0n) is 7.68. The second-order valence-corrected chi connectivity index (χ2v) is 4.85. The summed E-state index contributed by atoms with van der Waals surface area (Å²) in [5, 5.41) is 0. The first-order chi connectivity index (χ1) is 6.34. The van der Waals surface area contributed by atoms with E-state index in [1.54, 1.807) is 0 Å². The molecule has 2 bridgehead atoms. The predicted molar refractivity (Wildman–Crippen MR) is 43.7 cm³/mol. The van der Waals surface area contributed by atoms with Crippen LogP contribution in [-0.4, -0.2) is 25.3 Å². The van der Waals surface area contributed by atoms with E-state index in [1.807, 2.05) is 0 Å². The molecule has 4 aliphatic rings. The monoisotopic (exact) mass is 182 g/mol. The zero-order valence-corrected chi connectivity index (χ0v) is 7.68. The van der Waals surface area contributed by atoms with Gasteiger partial charge in [0.25, 0.3) is 0 Å². The standard InChI is InChI=1S/C10H14O3/c1-4-8-6-2-5-7(8)3-11-9(5)13-10(6)12-4/h4-10H,2-3H2,1H3/t4-,5+,6-,7-,8-,9+,10-/m1/s1. The Bertz CT molecular complexity index is 255. The molecule has 0 aromatic rings. The molecule has 0 aromatic heterocycles. The maximum Gasteiger partial charge on any atom is 0.164 e. The Hall–Kier alpha value is -0.120. The Labute approximate surface area is 77.3 Å². The average molecular weight is 182 g/mol. The molecule has 0 aromatic carbocycles. The van der Waals surface area contributed by atoms with Gasteiger partial charge in [-0.2, -0.15) is 0 Å². The third-order valence-corrected chi connectivity index (χ3v) is 4.39. The van der Waals surface area contributed by atoms with Gasteiger partial charge in [-0.25, -0.2) is 0 Å². The Morgan fingerprint density at radius 1 is 1.00 bits per heavy atom. The molecule has 3 nitrogen and oxygen atoms in total. The second-order valence-electron chi connectivity index (χ2n) is 4.85. The van der Waals surface area contributed by atoms with Gasteiger partial charge in [-0.3, -0.25) is 0 Å². The Kier molecular flexibility index (Phi) is 1.16. The van der Waals surface area contributed by atoms with Crippen LogP contribution in [0.5, 0.6) is 0 Å². The van der Waals surface area contributed by atoms with Crippen LogP contribution in [-0.2, 0) is 14.2 Å². The van der Waals surface area contributed by atoms with Gasteiger partial charge >= 0.3 is 0 Å². The molecule has 0 amide bonds. The minimum Gasteiger partial charge on any atom is -0.352 e. The van der Waals surface area contributed by atoms with Crippen molar-refractivity contribution < 1.29 is 14.2 Å². The minimum atomic E-state index is 0.0477. The van der Waals surface area contributed by atoms with Crippen molar-refractivity contribution in [2.75, 3.05) is 6.61 Å². The van der Waals surface area contributed by atoms with Crippen LogP contribution in [0.15, 0.2) is 0 Å². The van der Waals surface area contributed by atoms with Crippen LogP contribution in [0.3, 0.4) is 0 Å². The fourth-order valence-corrected chi connectivity index (χ4v) is 3.92. The molecule has 4 rings (SSSR count). The second kappa shape index (κ2) is 2.10. The third kappa shape index (κ3) is 0.694. The van der Waals surface area contributed by atoms with Gasteiger partial charge in [-0.15, -0.1) is 0 Å². The van der Waals surface area contributed by atoms with Gasteiger partial charge in [0.1, 0.15) is 0 Å². The third-order valence-electron chi connectivity index (χ3n) is 4.39. The number of fused-ring (bicyclic) bond motifs is 1. The molecular formula is C10H14O3. The Morgan fingerprint density at radius 3 is 2.85 bits per heavy atom. The minimum absolute atomic E-state index is 0.0477. The molecule has 1 aliphatic carbocycles. The molecule has 0 radical (unpaired) electrons. The molecule has 72 valence electrons. The van der Waals surface area contributed by atoms with Gasteiger partial charge in [0, 0.05) is 11.8 Å². The molecular weight excluding hydrogens is 168 g/mol. The maximum absolute atomic E-state index is 5.79. The smallest absolute Gasteiger partial charge is 0.164 e. The molecule has 7 atom stereocenters. The highest BCUT2D eigenvalue weighted by molar-refractivity contribution is 5.04. The maximum atomic E-state index is 5.79. The van der Waals surface area contributed by atoms with Gasteiger partial charge in [-0.05, 0) is 25.2 Å². The van der Waals surface area contributed by atoms with Crippen LogP contribution in [0.1, 0.15) is 13.3 Å². The highest BCUT2D eigenvalue weighted by Crippen LogP contribution is 2.58. The highest BCUT2D eigenvalue weighted by atomic mass is 16.8. The van der Waals surface area contributed by atoms with Crippen molar-refractivity contribution in [3.8, 4) is 0 Å². The van der Waals surface area contributed by atoms with Crippen molar-refractivity contribution in [3.05, 3.63) is 0 Å². The molecule has 1 saturated carbocycles. The first kappa shape index (κ1) is 7.21. The van der Waals surface area contributed by atoms with E-state index >= 15 is 0 Å². The topological polar surface area (TPSA) is 27.7 Å². The summed E-state index contributed by atoms with van der Waals surface area (Å²) in [6, 6.07) is 0. The summed E-state index contributed by atoms with van der Waals surface area (Å²) >= 11 is 0. The van der Waals surface area contributed by atoms with E-state index in [4.69, 9.17) is 14.2 Å². The number of rotatable bonds is 0. The lowest BCUT2D eigenvalue weighted by Gasteiger charge is -2.30. The van der Waals surface area contributed by atoms with E-state index in [9.17, 15) is 0 Å². The summed E-state index contributed by atoms with van der Waals surface area (Å²) in [5.74, 6) is 2.78. The quantitative estimate of drug-likeness (QED) is 0.559. The Morgan fingerprint density at radius 2 is 1.92 bits per heavy atom. The summed E-state index contributed by atoms with van der Waals surface area (Å²) in [6.07, 6.45) is 1.76. The van der Waals surface area contributed by atoms with Crippen LogP contribution >= 0.6 is 0 Å². The van der Waals surface area contributed by atoms with E-state index in [0.29, 0.717) is 23.9 Å². The van der Waals surface area contributed by atoms with Crippen LogP contribution in [0.25, 0.3) is 0 Å². The largest absolute Gasteiger partial charge is 0.352 e. The molecule has 3 aliphatic heterocycles. The number of hydrogen-bond acceptors (Lipinski definition) is 3. The molecule has 0 N–H and O–H groups in total. The first-order valence-electron chi connectivity index (χ1n) is 5.27. The summed E-state index contributed by atoms with van der Waals surface area (Å²) in [4.78, 5) is 0. The summed E-state index contributed by atoms with van der Waals surface area (Å²) in [5.41, 5.74) is 0. The van der Waals surface area contributed by atoms with E-state index in [2.05, 4.69) is 6.92 Å². The van der Waals surface area contributed by atoms with E-state index in [0.717, 1.165) is 12.5 Å². The van der Waals surface area contributed by atoms with Crippen molar-refractivity contribution in [2.24, 2.45) is 23.7 Å². The number of hydrogen-bond donors (Lipinski definition) is 0. The predicted octanol–water partition coefficient (Wildman–Crippen LogP) is 0.986. The van der Waals surface area contributed by atoms with E-state index in [1.165, 1.54) is 6.42 Å². The van der Waals surface area contributed by atoms with Gasteiger partial charge in [0.2, 0.25) is 0 Å². The Balaban J connectivity index is 1.82. The molecule has 3 saturated heterocycles. The summed E-state index contributed by atoms with van der Waals surface area (Å²) in [7, 11) is 0. The molecule has 13 heavy (non-hydrogen) atoms. The lowest BCUT2D eigenvalue weighted by molar-refractivity contribution is -0.266. The van der Waals surface area contributed by atoms with Crippen molar-refractivity contribution in [1.29, 1.82) is 0 Å². The highest BCUT2D eigenvalue weighted by Gasteiger charge is 2.63. The molecule has 3 heteroatoms. The van der Waals surface area contributed by atoms with Crippen LogP contribution in [0.4, 0.5) is 0 Å². The SMILES string of the molecule is C[C@H]1O[C@@H]2O[C@@H]3OC[C@@H]4[C@@H]3C[C@@H]2[C@H]41. The van der Waals surface area contributed by atoms with Crippen LogP contribution in [0, 0.1) is 23.7 Å². The van der Waals surface area contributed by atoms with Gasteiger partial charge in [0.05, 0.1) is 12.7 Å². The number of ether oxygens (including phenoxy) is 3. The lowest BCUT2D eigenvalue weighted by atomic mass is 9.87. The average Bonchev–Trinajstić information content (AvgIpc) is 2.65. The lowest BCUT2D eigenvalue weighted by Crippen LogP contribution is -2.35.